The summed E-state index contributed by atoms with van der Waals surface area (Å²) in [4.78, 5) is 2.78. The van der Waals surface area contributed by atoms with E-state index in [1.807, 2.05) is 11.3 Å². The highest BCUT2D eigenvalue weighted by Crippen LogP contribution is 2.28. The lowest BCUT2D eigenvalue weighted by molar-refractivity contribution is 0.150. The molecule has 1 aliphatic rings. The van der Waals surface area contributed by atoms with E-state index in [0.717, 1.165) is 25.2 Å². The molecule has 1 N–H and O–H groups in total. The third-order valence-corrected chi connectivity index (χ3v) is 5.39. The van der Waals surface area contributed by atoms with Crippen molar-refractivity contribution in [2.75, 3.05) is 0 Å². The maximum Gasteiger partial charge on any atom is 0.0588 e. The minimum atomic E-state index is -0.129. The topological polar surface area (TPSA) is 20.2 Å². The van der Waals surface area contributed by atoms with Crippen molar-refractivity contribution in [1.29, 1.82) is 0 Å². The van der Waals surface area contributed by atoms with Gasteiger partial charge in [-0.15, -0.1) is 11.3 Å². The van der Waals surface area contributed by atoms with Crippen LogP contribution in [0.1, 0.15) is 61.6 Å². The van der Waals surface area contributed by atoms with Crippen molar-refractivity contribution in [3.8, 4) is 0 Å². The first-order valence-corrected chi connectivity index (χ1v) is 8.35. The molecular formula is C16H26OS. The summed E-state index contributed by atoms with van der Waals surface area (Å²) in [5.74, 6) is 0.892. The Morgan fingerprint density at radius 1 is 1.22 bits per heavy atom. The highest BCUT2D eigenvalue weighted by atomic mass is 32.1. The van der Waals surface area contributed by atoms with E-state index < -0.39 is 0 Å². The summed E-state index contributed by atoms with van der Waals surface area (Å²) in [5.41, 5.74) is 0. The second-order valence-electron chi connectivity index (χ2n) is 5.66. The molecule has 0 bridgehead atoms. The van der Waals surface area contributed by atoms with Gasteiger partial charge in [-0.1, -0.05) is 39.0 Å². The van der Waals surface area contributed by atoms with E-state index in [4.69, 9.17) is 0 Å². The second kappa shape index (κ2) is 7.30. The van der Waals surface area contributed by atoms with Gasteiger partial charge in [0.2, 0.25) is 0 Å². The van der Waals surface area contributed by atoms with E-state index in [9.17, 15) is 5.11 Å². The molecule has 2 heteroatoms. The molecule has 1 unspecified atom stereocenters. The summed E-state index contributed by atoms with van der Waals surface area (Å²) in [6, 6.07) is 4.39. The first-order valence-electron chi connectivity index (χ1n) is 7.53. The third kappa shape index (κ3) is 4.40. The molecule has 0 amide bonds. The molecule has 1 saturated carbocycles. The van der Waals surface area contributed by atoms with Crippen molar-refractivity contribution in [2.45, 2.75) is 70.8 Å². The Morgan fingerprint density at radius 3 is 2.61 bits per heavy atom. The van der Waals surface area contributed by atoms with Crippen LogP contribution in [-0.4, -0.2) is 11.2 Å². The van der Waals surface area contributed by atoms with Crippen LogP contribution in [0, 0.1) is 5.92 Å². The van der Waals surface area contributed by atoms with Crippen LogP contribution in [0.2, 0.25) is 0 Å². The number of aryl methyl sites for hydroxylation is 1. The Hall–Kier alpha value is -0.340. The lowest BCUT2D eigenvalue weighted by Crippen LogP contribution is -2.14. The van der Waals surface area contributed by atoms with Gasteiger partial charge in [0.15, 0.2) is 0 Å². The molecular weight excluding hydrogens is 240 g/mol. The van der Waals surface area contributed by atoms with Crippen LogP contribution >= 0.6 is 11.3 Å². The zero-order chi connectivity index (χ0) is 12.8. The lowest BCUT2D eigenvalue weighted by Gasteiger charge is -2.22. The summed E-state index contributed by atoms with van der Waals surface area (Å²) >= 11 is 1.86. The average molecular weight is 266 g/mol. The van der Waals surface area contributed by atoms with Crippen molar-refractivity contribution in [1.82, 2.24) is 0 Å². The summed E-state index contributed by atoms with van der Waals surface area (Å²) in [7, 11) is 0. The smallest absolute Gasteiger partial charge is 0.0588 e. The maximum absolute atomic E-state index is 10.1. The number of thiophene rings is 1. The van der Waals surface area contributed by atoms with Crippen LogP contribution in [0.5, 0.6) is 0 Å². The molecule has 1 atom stereocenters. The Balaban J connectivity index is 1.69. The Kier molecular flexibility index (Phi) is 5.71. The molecule has 0 saturated heterocycles. The number of rotatable bonds is 6. The summed E-state index contributed by atoms with van der Waals surface area (Å²) in [5, 5.41) is 10.1. The minimum Gasteiger partial charge on any atom is -0.393 e. The van der Waals surface area contributed by atoms with E-state index in [-0.39, 0.29) is 6.10 Å². The number of aliphatic hydroxyl groups excluding tert-OH is 1. The normalized spacial score (nSPS) is 19.0. The van der Waals surface area contributed by atoms with Gasteiger partial charge < -0.3 is 5.11 Å². The fourth-order valence-corrected chi connectivity index (χ4v) is 3.99. The second-order valence-corrected chi connectivity index (χ2v) is 6.91. The summed E-state index contributed by atoms with van der Waals surface area (Å²) in [6.07, 6.45) is 11.1. The van der Waals surface area contributed by atoms with Crippen LogP contribution in [0.25, 0.3) is 0 Å². The molecule has 0 aromatic carbocycles. The van der Waals surface area contributed by atoms with Crippen LogP contribution < -0.4 is 0 Å². The molecule has 1 aromatic heterocycles. The first-order chi connectivity index (χ1) is 8.78. The first kappa shape index (κ1) is 14.1. The fourth-order valence-electron chi connectivity index (χ4n) is 2.96. The largest absolute Gasteiger partial charge is 0.393 e. The van der Waals surface area contributed by atoms with E-state index in [2.05, 4.69) is 19.1 Å². The van der Waals surface area contributed by atoms with E-state index in [1.165, 1.54) is 48.3 Å². The van der Waals surface area contributed by atoms with Crippen LogP contribution in [0.15, 0.2) is 12.1 Å². The maximum atomic E-state index is 10.1. The molecule has 1 aromatic rings. The van der Waals surface area contributed by atoms with Crippen LogP contribution in [0.3, 0.4) is 0 Å². The number of hydrogen-bond acceptors (Lipinski definition) is 2. The van der Waals surface area contributed by atoms with Crippen molar-refractivity contribution in [3.05, 3.63) is 21.9 Å². The molecule has 1 fully saturated rings. The molecule has 102 valence electrons. The van der Waals surface area contributed by atoms with Gasteiger partial charge in [0, 0.05) is 16.2 Å². The zero-order valence-electron chi connectivity index (χ0n) is 11.5. The van der Waals surface area contributed by atoms with Crippen molar-refractivity contribution in [3.63, 3.8) is 0 Å². The Labute approximate surface area is 115 Å². The van der Waals surface area contributed by atoms with Gasteiger partial charge in [0.25, 0.3) is 0 Å². The molecule has 0 spiro atoms. The highest BCUT2D eigenvalue weighted by Gasteiger charge is 2.15. The zero-order valence-corrected chi connectivity index (χ0v) is 12.3. The van der Waals surface area contributed by atoms with Crippen molar-refractivity contribution < 1.29 is 5.11 Å². The molecule has 18 heavy (non-hydrogen) atoms. The van der Waals surface area contributed by atoms with Gasteiger partial charge in [-0.3, -0.25) is 0 Å². The molecule has 1 aliphatic carbocycles. The monoisotopic (exact) mass is 266 g/mol. The minimum absolute atomic E-state index is 0.129. The predicted octanol–water partition coefficient (Wildman–Crippen LogP) is 4.57. The summed E-state index contributed by atoms with van der Waals surface area (Å²) in [6.45, 7) is 2.19. The third-order valence-electron chi connectivity index (χ3n) is 4.14. The molecule has 1 nitrogen and oxygen atoms in total. The highest BCUT2D eigenvalue weighted by molar-refractivity contribution is 7.11. The number of hydrogen-bond donors (Lipinski definition) is 1. The predicted molar refractivity (Wildman–Crippen MR) is 79.2 cm³/mol. The SMILES string of the molecule is CCc1ccc(CC(O)CCC2CCCCC2)s1. The quantitative estimate of drug-likeness (QED) is 0.799. The number of aliphatic hydroxyl groups is 1. The van der Waals surface area contributed by atoms with E-state index in [0.29, 0.717) is 0 Å². The van der Waals surface area contributed by atoms with Gasteiger partial charge in [0.1, 0.15) is 0 Å². The fraction of sp³-hybridized carbons (Fsp3) is 0.750. The van der Waals surface area contributed by atoms with Gasteiger partial charge >= 0.3 is 0 Å². The van der Waals surface area contributed by atoms with E-state index >= 15 is 0 Å². The van der Waals surface area contributed by atoms with Gasteiger partial charge in [0.05, 0.1) is 6.10 Å². The van der Waals surface area contributed by atoms with Crippen LogP contribution in [0.4, 0.5) is 0 Å². The van der Waals surface area contributed by atoms with Gasteiger partial charge in [-0.25, -0.2) is 0 Å². The standard InChI is InChI=1S/C16H26OS/c1-2-15-10-11-16(18-15)12-14(17)9-8-13-6-4-3-5-7-13/h10-11,13-14,17H,2-9,12H2,1H3. The van der Waals surface area contributed by atoms with Crippen molar-refractivity contribution >= 4 is 11.3 Å². The molecule has 1 heterocycles. The van der Waals surface area contributed by atoms with E-state index in [1.54, 1.807) is 0 Å². The molecule has 2 rings (SSSR count). The molecule has 0 aliphatic heterocycles. The lowest BCUT2D eigenvalue weighted by atomic mass is 9.85. The molecule has 0 radical (unpaired) electrons. The van der Waals surface area contributed by atoms with Crippen molar-refractivity contribution in [2.24, 2.45) is 5.92 Å². The van der Waals surface area contributed by atoms with Crippen LogP contribution in [-0.2, 0) is 12.8 Å². The van der Waals surface area contributed by atoms with Gasteiger partial charge in [-0.2, -0.15) is 0 Å². The Morgan fingerprint density at radius 2 is 1.94 bits per heavy atom. The average Bonchev–Trinajstić information content (AvgIpc) is 2.85. The Bertz CT molecular complexity index is 339. The van der Waals surface area contributed by atoms with Gasteiger partial charge in [-0.05, 0) is 37.3 Å². The summed E-state index contributed by atoms with van der Waals surface area (Å²) < 4.78 is 0.